The van der Waals surface area contributed by atoms with Gasteiger partial charge in [-0.05, 0) is 30.4 Å². The maximum absolute atomic E-state index is 12.7. The zero-order chi connectivity index (χ0) is 26.6. The number of halogens is 3. The van der Waals surface area contributed by atoms with Crippen molar-refractivity contribution in [3.63, 3.8) is 0 Å². The summed E-state index contributed by atoms with van der Waals surface area (Å²) < 4.78 is 37.0. The SMILES string of the molecule is COc1ncnc2sc(NC(=O)N3CCC(N4CCc5ccccc5C4)CC3)nc12.O=C(O)C(F)(F)F. The number of carboxylic acids is 1. The second-order valence-corrected chi connectivity index (χ2v) is 9.47. The van der Waals surface area contributed by atoms with Gasteiger partial charge in [-0.25, -0.2) is 19.6 Å². The van der Waals surface area contributed by atoms with Crippen LogP contribution in [0.2, 0.25) is 0 Å². The number of likely N-dealkylation sites (tertiary alicyclic amines) is 1. The monoisotopic (exact) mass is 538 g/mol. The van der Waals surface area contributed by atoms with Gasteiger partial charge in [0.1, 0.15) is 6.33 Å². The van der Waals surface area contributed by atoms with Crippen molar-refractivity contribution in [2.45, 2.75) is 38.0 Å². The molecule has 0 atom stereocenters. The summed E-state index contributed by atoms with van der Waals surface area (Å²) >= 11 is 1.33. The second kappa shape index (κ2) is 11.3. The Hall–Kier alpha value is -3.52. The molecule has 1 aromatic carbocycles. The maximum atomic E-state index is 12.7. The van der Waals surface area contributed by atoms with Crippen LogP contribution in [0.1, 0.15) is 24.0 Å². The maximum Gasteiger partial charge on any atom is 0.490 e. The van der Waals surface area contributed by atoms with E-state index in [1.165, 1.54) is 28.8 Å². The number of hydrogen-bond acceptors (Lipinski definition) is 8. The lowest BCUT2D eigenvalue weighted by molar-refractivity contribution is -0.192. The number of carboxylic acid groups (broad SMARTS) is 1. The molecule has 0 saturated carbocycles. The Balaban J connectivity index is 0.000000405. The zero-order valence-electron chi connectivity index (χ0n) is 19.9. The third-order valence-corrected chi connectivity index (χ3v) is 7.12. The molecule has 3 aromatic rings. The number of alkyl halides is 3. The number of urea groups is 1. The summed E-state index contributed by atoms with van der Waals surface area (Å²) in [5.74, 6) is -2.34. The average molecular weight is 539 g/mol. The minimum atomic E-state index is -5.08. The molecule has 5 rings (SSSR count). The molecule has 1 saturated heterocycles. The first-order valence-electron chi connectivity index (χ1n) is 11.5. The summed E-state index contributed by atoms with van der Waals surface area (Å²) in [7, 11) is 1.55. The molecule has 37 heavy (non-hydrogen) atoms. The second-order valence-electron chi connectivity index (χ2n) is 8.50. The van der Waals surface area contributed by atoms with Crippen molar-refractivity contribution in [1.82, 2.24) is 24.8 Å². The van der Waals surface area contributed by atoms with E-state index in [4.69, 9.17) is 14.6 Å². The van der Waals surface area contributed by atoms with Gasteiger partial charge in [0.15, 0.2) is 15.5 Å². The van der Waals surface area contributed by atoms with E-state index in [1.54, 1.807) is 7.11 Å². The number of aromatic nitrogens is 3. The van der Waals surface area contributed by atoms with Crippen LogP contribution in [0.15, 0.2) is 30.6 Å². The number of hydrogen-bond donors (Lipinski definition) is 2. The number of thiazole rings is 1. The normalized spacial score (nSPS) is 16.5. The predicted molar refractivity (Wildman–Crippen MR) is 130 cm³/mol. The van der Waals surface area contributed by atoms with E-state index in [0.29, 0.717) is 27.4 Å². The van der Waals surface area contributed by atoms with E-state index in [2.05, 4.69) is 49.4 Å². The van der Waals surface area contributed by atoms with Crippen molar-refractivity contribution in [3.8, 4) is 5.88 Å². The summed E-state index contributed by atoms with van der Waals surface area (Å²) in [6.07, 6.45) is -0.543. The molecule has 2 aliphatic heterocycles. The number of aliphatic carboxylic acids is 1. The van der Waals surface area contributed by atoms with Gasteiger partial charge in [0, 0.05) is 32.2 Å². The molecule has 0 spiro atoms. The Kier molecular flexibility index (Phi) is 8.07. The number of rotatable bonds is 3. The Morgan fingerprint density at radius 3 is 2.46 bits per heavy atom. The molecular formula is C23H25F3N6O4S. The fourth-order valence-electron chi connectivity index (χ4n) is 4.37. The van der Waals surface area contributed by atoms with E-state index in [9.17, 15) is 18.0 Å². The van der Waals surface area contributed by atoms with Crippen molar-refractivity contribution in [3.05, 3.63) is 41.7 Å². The number of methoxy groups -OCH3 is 1. The molecule has 0 unspecified atom stereocenters. The van der Waals surface area contributed by atoms with Crippen LogP contribution in [0.5, 0.6) is 5.88 Å². The van der Waals surface area contributed by atoms with Crippen LogP contribution in [0.25, 0.3) is 10.3 Å². The Bertz CT molecular complexity index is 1260. The first kappa shape index (κ1) is 26.5. The van der Waals surface area contributed by atoms with Crippen LogP contribution >= 0.6 is 11.3 Å². The smallest absolute Gasteiger partial charge is 0.479 e. The number of amides is 2. The molecule has 2 aliphatic rings. The van der Waals surface area contributed by atoms with E-state index in [1.807, 2.05) is 4.90 Å². The molecule has 10 nitrogen and oxygen atoms in total. The van der Waals surface area contributed by atoms with Gasteiger partial charge in [0.25, 0.3) is 0 Å². The highest BCUT2D eigenvalue weighted by molar-refractivity contribution is 7.22. The Labute approximate surface area is 214 Å². The highest BCUT2D eigenvalue weighted by Crippen LogP contribution is 2.29. The van der Waals surface area contributed by atoms with Gasteiger partial charge in [-0.2, -0.15) is 18.2 Å². The summed E-state index contributed by atoms with van der Waals surface area (Å²) in [5.41, 5.74) is 3.49. The first-order chi connectivity index (χ1) is 17.7. The van der Waals surface area contributed by atoms with Crippen molar-refractivity contribution in [2.24, 2.45) is 0 Å². The number of carbonyl (C=O) groups excluding carboxylic acids is 1. The first-order valence-corrected chi connectivity index (χ1v) is 12.3. The van der Waals surface area contributed by atoms with Gasteiger partial charge in [-0.1, -0.05) is 35.6 Å². The standard InChI is InChI=1S/C21H24N6O2S.C2HF3O2/c1-29-18-17-19(23-13-22-18)30-20(24-17)25-21(28)26-10-7-16(8-11-26)27-9-6-14-4-2-3-5-15(14)12-27;3-2(4,5)1(6)7/h2-5,13,16H,6-12H2,1H3,(H,24,25,28);(H,6,7). The molecule has 14 heteroatoms. The Morgan fingerprint density at radius 1 is 1.14 bits per heavy atom. The number of nitrogens with zero attached hydrogens (tertiary/aromatic N) is 5. The molecule has 0 bridgehead atoms. The fourth-order valence-corrected chi connectivity index (χ4v) is 5.16. The third kappa shape index (κ3) is 6.43. The number of fused-ring (bicyclic) bond motifs is 2. The van der Waals surface area contributed by atoms with E-state index >= 15 is 0 Å². The largest absolute Gasteiger partial charge is 0.490 e. The summed E-state index contributed by atoms with van der Waals surface area (Å²) in [4.78, 5) is 39.5. The summed E-state index contributed by atoms with van der Waals surface area (Å²) in [5, 5.41) is 10.6. The molecule has 0 aliphatic carbocycles. The lowest BCUT2D eigenvalue weighted by atomic mass is 9.95. The van der Waals surface area contributed by atoms with Crippen molar-refractivity contribution < 1.29 is 32.6 Å². The minimum Gasteiger partial charge on any atom is -0.479 e. The molecule has 2 amide bonds. The lowest BCUT2D eigenvalue weighted by Crippen LogP contribution is -2.49. The molecule has 4 heterocycles. The number of anilines is 1. The van der Waals surface area contributed by atoms with E-state index < -0.39 is 12.1 Å². The van der Waals surface area contributed by atoms with Crippen LogP contribution < -0.4 is 10.1 Å². The summed E-state index contributed by atoms with van der Waals surface area (Å²) in [6.45, 7) is 3.62. The number of nitrogens with one attached hydrogen (secondary N) is 1. The van der Waals surface area contributed by atoms with Crippen LogP contribution in [0, 0.1) is 0 Å². The number of benzene rings is 1. The molecule has 2 N–H and O–H groups in total. The van der Waals surface area contributed by atoms with Crippen LogP contribution in [0.4, 0.5) is 23.1 Å². The van der Waals surface area contributed by atoms with Gasteiger partial charge >= 0.3 is 18.2 Å². The highest BCUT2D eigenvalue weighted by Gasteiger charge is 2.38. The average Bonchev–Trinajstić information content (AvgIpc) is 3.31. The quantitative estimate of drug-likeness (QED) is 0.517. The fraction of sp³-hybridized carbons (Fsp3) is 0.435. The number of ether oxygens (including phenoxy) is 1. The zero-order valence-corrected chi connectivity index (χ0v) is 20.7. The predicted octanol–water partition coefficient (Wildman–Crippen LogP) is 3.78. The topological polar surface area (TPSA) is 121 Å². The van der Waals surface area contributed by atoms with E-state index in [0.717, 1.165) is 45.4 Å². The van der Waals surface area contributed by atoms with E-state index in [-0.39, 0.29) is 6.03 Å². The van der Waals surface area contributed by atoms with Crippen molar-refractivity contribution >= 4 is 38.8 Å². The highest BCUT2D eigenvalue weighted by atomic mass is 32.1. The number of piperidine rings is 1. The van der Waals surface area contributed by atoms with Gasteiger partial charge in [-0.15, -0.1) is 0 Å². The van der Waals surface area contributed by atoms with Gasteiger partial charge in [0.2, 0.25) is 5.88 Å². The molecule has 2 aromatic heterocycles. The number of carbonyl (C=O) groups is 2. The van der Waals surface area contributed by atoms with Crippen molar-refractivity contribution in [2.75, 3.05) is 32.1 Å². The molecule has 198 valence electrons. The lowest BCUT2D eigenvalue weighted by Gasteiger charge is -2.40. The molecule has 1 fully saturated rings. The van der Waals surface area contributed by atoms with Crippen LogP contribution in [0.3, 0.4) is 0 Å². The van der Waals surface area contributed by atoms with Crippen LogP contribution in [-0.2, 0) is 17.8 Å². The Morgan fingerprint density at radius 2 is 1.81 bits per heavy atom. The van der Waals surface area contributed by atoms with Crippen LogP contribution in [-0.4, -0.2) is 80.8 Å². The molecular weight excluding hydrogens is 513 g/mol. The third-order valence-electron chi connectivity index (χ3n) is 6.24. The van der Waals surface area contributed by atoms with Gasteiger partial charge in [-0.3, -0.25) is 10.2 Å². The van der Waals surface area contributed by atoms with Gasteiger partial charge in [0.05, 0.1) is 7.11 Å². The van der Waals surface area contributed by atoms with Gasteiger partial charge < -0.3 is 14.7 Å². The van der Waals surface area contributed by atoms with Crippen molar-refractivity contribution in [1.29, 1.82) is 0 Å². The molecule has 0 radical (unpaired) electrons. The summed E-state index contributed by atoms with van der Waals surface area (Å²) in [6, 6.07) is 9.15. The minimum absolute atomic E-state index is 0.108.